The van der Waals surface area contributed by atoms with Gasteiger partial charge in [-0.05, 0) is 52.9 Å². The fourth-order valence-electron chi connectivity index (χ4n) is 2.68. The molecular weight excluding hydrogens is 236 g/mol. The van der Waals surface area contributed by atoms with Crippen LogP contribution in [0.5, 0.6) is 5.75 Å². The van der Waals surface area contributed by atoms with E-state index < -0.39 is 5.41 Å². The zero-order valence-electron chi connectivity index (χ0n) is 12.1. The Bertz CT molecular complexity index is 490. The quantitative estimate of drug-likeness (QED) is 0.836. The minimum Gasteiger partial charge on any atom is -0.493 e. The van der Waals surface area contributed by atoms with Crippen LogP contribution in [0.3, 0.4) is 0 Å². The molecule has 0 radical (unpaired) electrons. The van der Waals surface area contributed by atoms with E-state index in [1.807, 2.05) is 6.07 Å². The van der Waals surface area contributed by atoms with E-state index in [9.17, 15) is 5.26 Å². The van der Waals surface area contributed by atoms with Gasteiger partial charge in [0.05, 0.1) is 18.1 Å². The van der Waals surface area contributed by atoms with Crippen LogP contribution < -0.4 is 4.74 Å². The maximum absolute atomic E-state index is 9.79. The number of hydrogen-bond donors (Lipinski definition) is 0. The van der Waals surface area contributed by atoms with Gasteiger partial charge in [-0.1, -0.05) is 17.7 Å². The SMILES string of the molecule is Cc1ccc2c(c1)C(C#N)(CCN(C)C)CCCO2. The van der Waals surface area contributed by atoms with Crippen LogP contribution in [-0.2, 0) is 5.41 Å². The molecule has 0 bridgehead atoms. The molecule has 0 aromatic heterocycles. The molecule has 1 aliphatic rings. The molecule has 102 valence electrons. The van der Waals surface area contributed by atoms with E-state index in [1.165, 1.54) is 5.56 Å². The van der Waals surface area contributed by atoms with E-state index in [0.717, 1.165) is 37.1 Å². The number of aryl methyl sites for hydroxylation is 1. The van der Waals surface area contributed by atoms with E-state index in [0.29, 0.717) is 6.61 Å². The third kappa shape index (κ3) is 2.90. The highest BCUT2D eigenvalue weighted by atomic mass is 16.5. The fourth-order valence-corrected chi connectivity index (χ4v) is 2.68. The summed E-state index contributed by atoms with van der Waals surface area (Å²) in [5.74, 6) is 0.892. The van der Waals surface area contributed by atoms with Crippen LogP contribution in [0.25, 0.3) is 0 Å². The summed E-state index contributed by atoms with van der Waals surface area (Å²) < 4.78 is 5.80. The first-order valence-corrected chi connectivity index (χ1v) is 6.87. The average Bonchev–Trinajstić information content (AvgIpc) is 2.56. The van der Waals surface area contributed by atoms with Crippen LogP contribution in [0.4, 0.5) is 0 Å². The Balaban J connectivity index is 2.43. The predicted octanol–water partition coefficient (Wildman–Crippen LogP) is 2.88. The Morgan fingerprint density at radius 1 is 1.42 bits per heavy atom. The van der Waals surface area contributed by atoms with Crippen LogP contribution in [0.1, 0.15) is 30.4 Å². The molecule has 0 fully saturated rings. The minimum atomic E-state index is -0.401. The van der Waals surface area contributed by atoms with Gasteiger partial charge in [0.1, 0.15) is 5.75 Å². The first-order valence-electron chi connectivity index (χ1n) is 6.87. The highest BCUT2D eigenvalue weighted by Crippen LogP contribution is 2.41. The van der Waals surface area contributed by atoms with Crippen LogP contribution >= 0.6 is 0 Å². The minimum absolute atomic E-state index is 0.401. The van der Waals surface area contributed by atoms with Gasteiger partial charge < -0.3 is 9.64 Å². The van der Waals surface area contributed by atoms with Crippen LogP contribution in [0.15, 0.2) is 18.2 Å². The fraction of sp³-hybridized carbons (Fsp3) is 0.562. The number of rotatable bonds is 3. The zero-order valence-corrected chi connectivity index (χ0v) is 12.1. The van der Waals surface area contributed by atoms with Crippen molar-refractivity contribution in [2.45, 2.75) is 31.6 Å². The molecule has 0 saturated carbocycles. The van der Waals surface area contributed by atoms with E-state index >= 15 is 0 Å². The highest BCUT2D eigenvalue weighted by Gasteiger charge is 2.36. The van der Waals surface area contributed by atoms with Gasteiger partial charge in [0.15, 0.2) is 0 Å². The Morgan fingerprint density at radius 3 is 2.89 bits per heavy atom. The lowest BCUT2D eigenvalue weighted by Gasteiger charge is -2.28. The molecule has 0 aliphatic carbocycles. The summed E-state index contributed by atoms with van der Waals surface area (Å²) in [6, 6.07) is 8.78. The highest BCUT2D eigenvalue weighted by molar-refractivity contribution is 5.46. The van der Waals surface area contributed by atoms with Gasteiger partial charge in [-0.15, -0.1) is 0 Å². The van der Waals surface area contributed by atoms with E-state index in [-0.39, 0.29) is 0 Å². The van der Waals surface area contributed by atoms with Crippen molar-refractivity contribution in [3.8, 4) is 11.8 Å². The van der Waals surface area contributed by atoms with Crippen molar-refractivity contribution >= 4 is 0 Å². The number of hydrogen-bond acceptors (Lipinski definition) is 3. The molecule has 1 heterocycles. The molecule has 3 heteroatoms. The van der Waals surface area contributed by atoms with Gasteiger partial charge in [-0.3, -0.25) is 0 Å². The summed E-state index contributed by atoms with van der Waals surface area (Å²) in [7, 11) is 4.10. The van der Waals surface area contributed by atoms with Crippen molar-refractivity contribution in [3.63, 3.8) is 0 Å². The summed E-state index contributed by atoms with van der Waals surface area (Å²) in [6.07, 6.45) is 2.68. The Morgan fingerprint density at radius 2 is 2.21 bits per heavy atom. The molecule has 3 nitrogen and oxygen atoms in total. The molecule has 1 aromatic rings. The third-order valence-corrected chi connectivity index (χ3v) is 3.86. The lowest BCUT2D eigenvalue weighted by molar-refractivity contribution is 0.309. The average molecular weight is 258 g/mol. The molecule has 1 unspecified atom stereocenters. The number of benzene rings is 1. The molecule has 1 aromatic carbocycles. The van der Waals surface area contributed by atoms with Crippen molar-refractivity contribution in [3.05, 3.63) is 29.3 Å². The topological polar surface area (TPSA) is 36.3 Å². The standard InChI is InChI=1S/C16H22N2O/c1-13-5-6-15-14(11-13)16(12-17,7-4-10-19-15)8-9-18(2)3/h5-6,11H,4,7-10H2,1-3H3. The third-order valence-electron chi connectivity index (χ3n) is 3.86. The molecule has 1 aliphatic heterocycles. The second kappa shape index (κ2) is 5.63. The number of nitrogens with zero attached hydrogens (tertiary/aromatic N) is 2. The summed E-state index contributed by atoms with van der Waals surface area (Å²) in [5.41, 5.74) is 1.87. The Labute approximate surface area is 115 Å². The van der Waals surface area contributed by atoms with E-state index in [4.69, 9.17) is 4.74 Å². The molecule has 1 atom stereocenters. The molecule has 0 amide bonds. The van der Waals surface area contributed by atoms with Gasteiger partial charge in [-0.2, -0.15) is 5.26 Å². The van der Waals surface area contributed by atoms with Crippen molar-refractivity contribution in [2.24, 2.45) is 0 Å². The van der Waals surface area contributed by atoms with Crippen LogP contribution in [0.2, 0.25) is 0 Å². The Hall–Kier alpha value is -1.53. The number of fused-ring (bicyclic) bond motifs is 1. The van der Waals surface area contributed by atoms with Crippen molar-refractivity contribution in [1.82, 2.24) is 4.90 Å². The summed E-state index contributed by atoms with van der Waals surface area (Å²) in [6.45, 7) is 3.70. The molecule has 0 spiro atoms. The van der Waals surface area contributed by atoms with Crippen molar-refractivity contribution in [2.75, 3.05) is 27.2 Å². The molecule has 2 rings (SSSR count). The van der Waals surface area contributed by atoms with Gasteiger partial charge in [0.2, 0.25) is 0 Å². The van der Waals surface area contributed by atoms with E-state index in [2.05, 4.69) is 44.1 Å². The first kappa shape index (κ1) is 13.9. The summed E-state index contributed by atoms with van der Waals surface area (Å²) in [4.78, 5) is 2.14. The first-order chi connectivity index (χ1) is 9.07. The van der Waals surface area contributed by atoms with Crippen LogP contribution in [0, 0.1) is 18.3 Å². The van der Waals surface area contributed by atoms with Gasteiger partial charge in [0, 0.05) is 5.56 Å². The maximum Gasteiger partial charge on any atom is 0.124 e. The predicted molar refractivity (Wildman–Crippen MR) is 76.4 cm³/mol. The van der Waals surface area contributed by atoms with Crippen molar-refractivity contribution in [1.29, 1.82) is 5.26 Å². The lowest BCUT2D eigenvalue weighted by atomic mass is 9.75. The molecular formula is C16H22N2O. The van der Waals surface area contributed by atoms with E-state index in [1.54, 1.807) is 0 Å². The molecule has 0 N–H and O–H groups in total. The lowest BCUT2D eigenvalue weighted by Crippen LogP contribution is -2.29. The second-order valence-corrected chi connectivity index (χ2v) is 5.70. The zero-order chi connectivity index (χ0) is 13.9. The van der Waals surface area contributed by atoms with Gasteiger partial charge >= 0.3 is 0 Å². The Kier molecular flexibility index (Phi) is 4.11. The monoisotopic (exact) mass is 258 g/mol. The largest absolute Gasteiger partial charge is 0.493 e. The molecule has 19 heavy (non-hydrogen) atoms. The second-order valence-electron chi connectivity index (χ2n) is 5.70. The van der Waals surface area contributed by atoms with Gasteiger partial charge in [-0.25, -0.2) is 0 Å². The maximum atomic E-state index is 9.79. The molecule has 0 saturated heterocycles. The smallest absolute Gasteiger partial charge is 0.124 e. The number of ether oxygens (including phenoxy) is 1. The van der Waals surface area contributed by atoms with Crippen LogP contribution in [-0.4, -0.2) is 32.1 Å². The summed E-state index contributed by atoms with van der Waals surface area (Å²) in [5, 5.41) is 9.79. The summed E-state index contributed by atoms with van der Waals surface area (Å²) >= 11 is 0. The van der Waals surface area contributed by atoms with Crippen molar-refractivity contribution < 1.29 is 4.74 Å². The number of nitriles is 1. The van der Waals surface area contributed by atoms with Gasteiger partial charge in [0.25, 0.3) is 0 Å². The normalized spacial score (nSPS) is 22.3.